The third-order valence-electron chi connectivity index (χ3n) is 5.31. The number of nitrogens with one attached hydrogen (secondary N) is 1. The molecule has 1 amide bonds. The summed E-state index contributed by atoms with van der Waals surface area (Å²) in [7, 11) is 1.57. The predicted molar refractivity (Wildman–Crippen MR) is 115 cm³/mol. The molecule has 1 N–H and O–H groups in total. The van der Waals surface area contributed by atoms with Crippen molar-refractivity contribution in [1.82, 2.24) is 10.2 Å². The number of carbonyl (C=O) groups is 2. The summed E-state index contributed by atoms with van der Waals surface area (Å²) in [5.41, 5.74) is 2.57. The maximum atomic E-state index is 12.6. The zero-order chi connectivity index (χ0) is 20.8. The van der Waals surface area contributed by atoms with Crippen LogP contribution in [0.15, 0.2) is 42.5 Å². The Morgan fingerprint density at radius 3 is 2.45 bits per heavy atom. The Hall–Kier alpha value is -2.37. The Kier molecular flexibility index (Phi) is 7.29. The summed E-state index contributed by atoms with van der Waals surface area (Å²) in [6, 6.07) is 13.3. The number of hydrogen-bond donors (Lipinski definition) is 1. The molecular formula is C23H27ClN2O3. The van der Waals surface area contributed by atoms with E-state index < -0.39 is 0 Å². The maximum Gasteiger partial charge on any atom is 0.224 e. The molecule has 29 heavy (non-hydrogen) atoms. The van der Waals surface area contributed by atoms with Gasteiger partial charge in [-0.3, -0.25) is 14.5 Å². The second kappa shape index (κ2) is 9.90. The molecule has 0 radical (unpaired) electrons. The van der Waals surface area contributed by atoms with E-state index in [-0.39, 0.29) is 24.2 Å². The number of nitrogens with zero attached hydrogens (tertiary/aromatic N) is 1. The topological polar surface area (TPSA) is 58.6 Å². The van der Waals surface area contributed by atoms with Gasteiger partial charge in [-0.2, -0.15) is 0 Å². The van der Waals surface area contributed by atoms with Crippen LogP contribution in [-0.2, 0) is 17.8 Å². The van der Waals surface area contributed by atoms with E-state index in [1.165, 1.54) is 12.5 Å². The van der Waals surface area contributed by atoms with E-state index in [0.29, 0.717) is 11.3 Å². The van der Waals surface area contributed by atoms with Crippen molar-refractivity contribution in [1.29, 1.82) is 0 Å². The zero-order valence-electron chi connectivity index (χ0n) is 16.9. The van der Waals surface area contributed by atoms with Crippen molar-refractivity contribution in [3.05, 3.63) is 64.2 Å². The van der Waals surface area contributed by atoms with E-state index in [1.807, 2.05) is 12.1 Å². The minimum atomic E-state index is -0.0415. The first-order valence-electron chi connectivity index (χ1n) is 9.88. The van der Waals surface area contributed by atoms with Crippen LogP contribution in [0.3, 0.4) is 0 Å². The highest BCUT2D eigenvalue weighted by atomic mass is 35.5. The van der Waals surface area contributed by atoms with Gasteiger partial charge in [-0.15, -0.1) is 0 Å². The molecule has 0 atom stereocenters. The molecule has 0 saturated carbocycles. The van der Waals surface area contributed by atoms with Crippen molar-refractivity contribution in [2.75, 3.05) is 20.2 Å². The molecule has 5 nitrogen and oxygen atoms in total. The lowest BCUT2D eigenvalue weighted by atomic mass is 10.0. The van der Waals surface area contributed by atoms with E-state index in [4.69, 9.17) is 16.3 Å². The average Bonchev–Trinajstić information content (AvgIpc) is 2.71. The highest BCUT2D eigenvalue weighted by molar-refractivity contribution is 6.30. The SMILES string of the molecule is COc1ccc(C(C)=O)cc1CC(=O)NC1CCN(Cc2ccc(Cl)cc2)CC1. The Morgan fingerprint density at radius 1 is 1.14 bits per heavy atom. The Labute approximate surface area is 177 Å². The van der Waals surface area contributed by atoms with Crippen LogP contribution in [0.2, 0.25) is 5.02 Å². The van der Waals surface area contributed by atoms with Crippen LogP contribution in [0.25, 0.3) is 0 Å². The van der Waals surface area contributed by atoms with Gasteiger partial charge in [0.2, 0.25) is 5.91 Å². The molecule has 0 bridgehead atoms. The van der Waals surface area contributed by atoms with E-state index in [2.05, 4.69) is 22.3 Å². The number of amides is 1. The molecule has 1 saturated heterocycles. The number of likely N-dealkylation sites (tertiary alicyclic amines) is 1. The first kappa shape index (κ1) is 21.3. The Bertz CT molecular complexity index is 859. The third-order valence-corrected chi connectivity index (χ3v) is 5.56. The lowest BCUT2D eigenvalue weighted by Crippen LogP contribution is -2.44. The maximum absolute atomic E-state index is 12.6. The molecule has 0 unspecified atom stereocenters. The van der Waals surface area contributed by atoms with Gasteiger partial charge in [-0.05, 0) is 55.7 Å². The number of carbonyl (C=O) groups excluding carboxylic acids is 2. The van der Waals surface area contributed by atoms with Crippen molar-refractivity contribution >= 4 is 23.3 Å². The summed E-state index contributed by atoms with van der Waals surface area (Å²) in [5.74, 6) is 0.561. The van der Waals surface area contributed by atoms with Crippen molar-refractivity contribution in [2.24, 2.45) is 0 Å². The van der Waals surface area contributed by atoms with Crippen molar-refractivity contribution < 1.29 is 14.3 Å². The van der Waals surface area contributed by atoms with Crippen LogP contribution in [0, 0.1) is 0 Å². The molecular weight excluding hydrogens is 388 g/mol. The quantitative estimate of drug-likeness (QED) is 0.698. The Balaban J connectivity index is 1.50. The van der Waals surface area contributed by atoms with Crippen molar-refractivity contribution in [3.63, 3.8) is 0 Å². The number of ketones is 1. The average molecular weight is 415 g/mol. The Morgan fingerprint density at radius 2 is 1.83 bits per heavy atom. The van der Waals surface area contributed by atoms with Crippen LogP contribution < -0.4 is 10.1 Å². The van der Waals surface area contributed by atoms with Gasteiger partial charge in [0.25, 0.3) is 0 Å². The molecule has 6 heteroatoms. The summed E-state index contributed by atoms with van der Waals surface area (Å²) in [6.45, 7) is 4.30. The first-order chi connectivity index (χ1) is 13.9. The molecule has 0 aromatic heterocycles. The van der Waals surface area contributed by atoms with Gasteiger partial charge < -0.3 is 10.1 Å². The number of piperidine rings is 1. The van der Waals surface area contributed by atoms with E-state index in [9.17, 15) is 9.59 Å². The van der Waals surface area contributed by atoms with Crippen molar-refractivity contribution in [2.45, 2.75) is 38.8 Å². The van der Waals surface area contributed by atoms with E-state index in [1.54, 1.807) is 25.3 Å². The number of Topliss-reactive ketones (excluding diaryl/α,β-unsaturated/α-hetero) is 1. The normalized spacial score (nSPS) is 15.1. The number of hydrogen-bond acceptors (Lipinski definition) is 4. The molecule has 1 aliphatic heterocycles. The number of methoxy groups -OCH3 is 1. The molecule has 1 heterocycles. The predicted octanol–water partition coefficient (Wildman–Crippen LogP) is 3.87. The van der Waals surface area contributed by atoms with Gasteiger partial charge in [0.15, 0.2) is 5.78 Å². The summed E-state index contributed by atoms with van der Waals surface area (Å²) in [6.07, 6.45) is 2.04. The molecule has 0 aliphatic carbocycles. The number of halogens is 1. The minimum absolute atomic E-state index is 0.0256. The fourth-order valence-corrected chi connectivity index (χ4v) is 3.80. The standard InChI is InChI=1S/C23H27ClN2O3/c1-16(27)18-5-8-22(29-2)19(13-18)14-23(28)25-21-9-11-26(12-10-21)15-17-3-6-20(24)7-4-17/h3-8,13,21H,9-12,14-15H2,1-2H3,(H,25,28). The minimum Gasteiger partial charge on any atom is -0.496 e. The van der Waals surface area contributed by atoms with Gasteiger partial charge in [-0.1, -0.05) is 23.7 Å². The van der Waals surface area contributed by atoms with Crippen LogP contribution >= 0.6 is 11.6 Å². The van der Waals surface area contributed by atoms with Gasteiger partial charge in [-0.25, -0.2) is 0 Å². The smallest absolute Gasteiger partial charge is 0.224 e. The monoisotopic (exact) mass is 414 g/mol. The number of benzene rings is 2. The molecule has 1 fully saturated rings. The van der Waals surface area contributed by atoms with Crippen LogP contribution in [0.1, 0.15) is 41.3 Å². The van der Waals surface area contributed by atoms with Gasteiger partial charge in [0.1, 0.15) is 5.75 Å². The summed E-state index contributed by atoms with van der Waals surface area (Å²) in [4.78, 5) is 26.6. The second-order valence-corrected chi connectivity index (χ2v) is 7.94. The lowest BCUT2D eigenvalue weighted by Gasteiger charge is -2.32. The van der Waals surface area contributed by atoms with Gasteiger partial charge >= 0.3 is 0 Å². The third kappa shape index (κ3) is 6.05. The van der Waals surface area contributed by atoms with E-state index in [0.717, 1.165) is 43.1 Å². The number of rotatable bonds is 7. The number of ether oxygens (including phenoxy) is 1. The molecule has 0 spiro atoms. The fourth-order valence-electron chi connectivity index (χ4n) is 3.67. The van der Waals surface area contributed by atoms with Gasteiger partial charge in [0, 0.05) is 41.8 Å². The van der Waals surface area contributed by atoms with Crippen LogP contribution in [0.5, 0.6) is 5.75 Å². The van der Waals surface area contributed by atoms with Crippen LogP contribution in [-0.4, -0.2) is 42.8 Å². The largest absolute Gasteiger partial charge is 0.496 e. The summed E-state index contributed by atoms with van der Waals surface area (Å²) in [5, 5.41) is 3.89. The van der Waals surface area contributed by atoms with Crippen molar-refractivity contribution in [3.8, 4) is 5.75 Å². The molecule has 154 valence electrons. The molecule has 1 aliphatic rings. The van der Waals surface area contributed by atoms with Gasteiger partial charge in [0.05, 0.1) is 13.5 Å². The van der Waals surface area contributed by atoms with E-state index >= 15 is 0 Å². The summed E-state index contributed by atoms with van der Waals surface area (Å²) >= 11 is 5.94. The highest BCUT2D eigenvalue weighted by Gasteiger charge is 2.21. The highest BCUT2D eigenvalue weighted by Crippen LogP contribution is 2.21. The lowest BCUT2D eigenvalue weighted by molar-refractivity contribution is -0.121. The molecule has 3 rings (SSSR count). The first-order valence-corrected chi connectivity index (χ1v) is 10.3. The summed E-state index contributed by atoms with van der Waals surface area (Å²) < 4.78 is 5.34. The molecule has 2 aromatic carbocycles. The second-order valence-electron chi connectivity index (χ2n) is 7.50. The van der Waals surface area contributed by atoms with Crippen LogP contribution in [0.4, 0.5) is 0 Å². The fraction of sp³-hybridized carbons (Fsp3) is 0.391. The zero-order valence-corrected chi connectivity index (χ0v) is 17.7. The molecule has 2 aromatic rings.